The summed E-state index contributed by atoms with van der Waals surface area (Å²) in [4.78, 5) is 6.36. The first-order valence-corrected chi connectivity index (χ1v) is 9.42. The van der Waals surface area contributed by atoms with Gasteiger partial charge in [0.25, 0.3) is 0 Å². The molecule has 1 heterocycles. The molecule has 148 valence electrons. The molecule has 0 saturated carbocycles. The Kier molecular flexibility index (Phi) is 6.67. The van der Waals surface area contributed by atoms with Gasteiger partial charge in [-0.25, -0.2) is 4.39 Å². The summed E-state index contributed by atoms with van der Waals surface area (Å²) in [5.74, 6) is 0.436. The molecule has 30 heavy (non-hydrogen) atoms. The maximum Gasteiger partial charge on any atom is 0.217 e. The summed E-state index contributed by atoms with van der Waals surface area (Å²) in [6, 6.07) is 18.5. The second-order valence-corrected chi connectivity index (χ2v) is 6.93. The first-order valence-electron chi connectivity index (χ1n) is 9.42. The molecule has 0 amide bonds. The van der Waals surface area contributed by atoms with Crippen molar-refractivity contribution in [2.45, 2.75) is 26.7 Å². The van der Waals surface area contributed by atoms with Gasteiger partial charge in [-0.2, -0.15) is 10.5 Å². The van der Waals surface area contributed by atoms with Crippen molar-refractivity contribution < 1.29 is 9.13 Å². The predicted molar refractivity (Wildman–Crippen MR) is 115 cm³/mol. The fraction of sp³-hybridized carbons (Fsp3) is 0.174. The highest BCUT2D eigenvalue weighted by atomic mass is 19.1. The van der Waals surface area contributed by atoms with E-state index < -0.39 is 6.67 Å². The standard InChI is InChI=1S/C23H20BFN4O/c1-16-23(30-15-19-4-2-3-18(9-19)12-27)22(10-25)20(13-28-16)14-29(24)21-7-5-17(11-26)6-8-21/h2-9,13H,10,14-15,24H2,1H3. The number of pyridine rings is 1. The Balaban J connectivity index is 1.82. The minimum absolute atomic E-state index is 0.222. The molecule has 3 rings (SSSR count). The van der Waals surface area contributed by atoms with Crippen LogP contribution in [0.2, 0.25) is 0 Å². The van der Waals surface area contributed by atoms with Crippen LogP contribution in [0.5, 0.6) is 5.75 Å². The van der Waals surface area contributed by atoms with Crippen LogP contribution in [0.1, 0.15) is 33.5 Å². The van der Waals surface area contributed by atoms with Gasteiger partial charge in [0.2, 0.25) is 7.98 Å². The van der Waals surface area contributed by atoms with Crippen LogP contribution in [-0.2, 0) is 19.8 Å². The smallest absolute Gasteiger partial charge is 0.217 e. The van der Waals surface area contributed by atoms with Crippen molar-refractivity contribution in [1.82, 2.24) is 4.98 Å². The summed E-state index contributed by atoms with van der Waals surface area (Å²) < 4.78 is 20.0. The average molecular weight is 398 g/mol. The fourth-order valence-corrected chi connectivity index (χ4v) is 3.17. The average Bonchev–Trinajstić information content (AvgIpc) is 2.79. The highest BCUT2D eigenvalue weighted by Crippen LogP contribution is 2.29. The Morgan fingerprint density at radius 1 is 1.10 bits per heavy atom. The number of hydrogen-bond donors (Lipinski definition) is 0. The van der Waals surface area contributed by atoms with Gasteiger partial charge in [-0.05, 0) is 54.4 Å². The molecule has 1 aromatic heterocycles. The molecule has 0 N–H and O–H groups in total. The zero-order valence-electron chi connectivity index (χ0n) is 16.9. The van der Waals surface area contributed by atoms with E-state index in [1.54, 1.807) is 43.5 Å². The van der Waals surface area contributed by atoms with E-state index in [0.29, 0.717) is 34.7 Å². The van der Waals surface area contributed by atoms with Gasteiger partial charge in [0.05, 0.1) is 29.0 Å². The molecule has 7 heteroatoms. The van der Waals surface area contributed by atoms with Gasteiger partial charge in [-0.1, -0.05) is 12.1 Å². The van der Waals surface area contributed by atoms with E-state index in [1.165, 1.54) is 0 Å². The Bertz CT molecular complexity index is 1120. The minimum Gasteiger partial charge on any atom is -0.487 e. The Labute approximate surface area is 176 Å². The van der Waals surface area contributed by atoms with Crippen LogP contribution in [-0.4, -0.2) is 13.0 Å². The van der Waals surface area contributed by atoms with Crippen molar-refractivity contribution in [3.63, 3.8) is 0 Å². The van der Waals surface area contributed by atoms with Gasteiger partial charge in [0.15, 0.2) is 0 Å². The molecule has 0 spiro atoms. The number of benzene rings is 2. The highest BCUT2D eigenvalue weighted by Gasteiger charge is 2.16. The van der Waals surface area contributed by atoms with E-state index in [0.717, 1.165) is 16.8 Å². The van der Waals surface area contributed by atoms with Crippen molar-refractivity contribution in [2.75, 3.05) is 4.81 Å². The maximum absolute atomic E-state index is 14.0. The first-order chi connectivity index (χ1) is 14.5. The van der Waals surface area contributed by atoms with Gasteiger partial charge in [0.1, 0.15) is 19.0 Å². The molecule has 0 unspecified atom stereocenters. The van der Waals surface area contributed by atoms with E-state index >= 15 is 0 Å². The van der Waals surface area contributed by atoms with Crippen LogP contribution >= 0.6 is 0 Å². The molecule has 0 aliphatic rings. The van der Waals surface area contributed by atoms with E-state index in [1.807, 2.05) is 31.0 Å². The maximum atomic E-state index is 14.0. The molecule has 5 nitrogen and oxygen atoms in total. The van der Waals surface area contributed by atoms with Gasteiger partial charge in [-0.3, -0.25) is 4.98 Å². The lowest BCUT2D eigenvalue weighted by Gasteiger charge is -2.23. The van der Waals surface area contributed by atoms with E-state index in [2.05, 4.69) is 17.1 Å². The third-order valence-corrected chi connectivity index (χ3v) is 4.82. The summed E-state index contributed by atoms with van der Waals surface area (Å²) >= 11 is 0. The van der Waals surface area contributed by atoms with Crippen LogP contribution in [0, 0.1) is 29.6 Å². The molecule has 0 aliphatic heterocycles. The van der Waals surface area contributed by atoms with Gasteiger partial charge in [0, 0.05) is 24.0 Å². The Morgan fingerprint density at radius 2 is 1.83 bits per heavy atom. The number of anilines is 1. The van der Waals surface area contributed by atoms with Gasteiger partial charge in [-0.15, -0.1) is 0 Å². The number of ether oxygens (including phenoxy) is 1. The molecule has 0 aliphatic carbocycles. The Hall–Kier alpha value is -3.84. The lowest BCUT2D eigenvalue weighted by molar-refractivity contribution is 0.293. The van der Waals surface area contributed by atoms with Crippen molar-refractivity contribution in [3.05, 3.63) is 88.2 Å². The number of nitrogens with zero attached hydrogens (tertiary/aromatic N) is 4. The molecule has 0 saturated heterocycles. The number of nitriles is 2. The summed E-state index contributed by atoms with van der Waals surface area (Å²) in [7, 11) is 1.90. The molecule has 2 aromatic carbocycles. The molecule has 0 radical (unpaired) electrons. The minimum atomic E-state index is -0.673. The number of alkyl halides is 1. The van der Waals surface area contributed by atoms with E-state index in [9.17, 15) is 4.39 Å². The lowest BCUT2D eigenvalue weighted by atomic mass is 10.1. The highest BCUT2D eigenvalue weighted by molar-refractivity contribution is 6.17. The second kappa shape index (κ2) is 9.58. The van der Waals surface area contributed by atoms with Crippen LogP contribution in [0.3, 0.4) is 0 Å². The van der Waals surface area contributed by atoms with E-state index in [4.69, 9.17) is 15.3 Å². The third kappa shape index (κ3) is 4.77. The van der Waals surface area contributed by atoms with Crippen LogP contribution in [0.4, 0.5) is 10.1 Å². The predicted octanol–water partition coefficient (Wildman–Crippen LogP) is 3.74. The van der Waals surface area contributed by atoms with E-state index in [-0.39, 0.29) is 6.61 Å². The summed E-state index contributed by atoms with van der Waals surface area (Å²) in [5.41, 5.74) is 4.70. The van der Waals surface area contributed by atoms with Crippen molar-refractivity contribution in [1.29, 1.82) is 10.5 Å². The molecule has 0 bridgehead atoms. The molecular formula is C23H20BFN4O. The molecule has 0 fully saturated rings. The van der Waals surface area contributed by atoms with Gasteiger partial charge >= 0.3 is 0 Å². The zero-order chi connectivity index (χ0) is 21.5. The summed E-state index contributed by atoms with van der Waals surface area (Å²) in [6.45, 7) is 1.78. The summed E-state index contributed by atoms with van der Waals surface area (Å²) in [6.07, 6.45) is 1.67. The van der Waals surface area contributed by atoms with Crippen molar-refractivity contribution in [3.8, 4) is 17.9 Å². The van der Waals surface area contributed by atoms with Crippen LogP contribution < -0.4 is 9.55 Å². The second-order valence-electron chi connectivity index (χ2n) is 6.93. The van der Waals surface area contributed by atoms with Gasteiger partial charge < -0.3 is 9.55 Å². The van der Waals surface area contributed by atoms with Crippen molar-refractivity contribution >= 4 is 13.7 Å². The zero-order valence-corrected chi connectivity index (χ0v) is 16.9. The van der Waals surface area contributed by atoms with Crippen LogP contribution in [0.25, 0.3) is 0 Å². The normalized spacial score (nSPS) is 10.1. The monoisotopic (exact) mass is 398 g/mol. The van der Waals surface area contributed by atoms with Crippen LogP contribution in [0.15, 0.2) is 54.7 Å². The molecule has 0 atom stereocenters. The number of hydrogen-bond acceptors (Lipinski definition) is 5. The Morgan fingerprint density at radius 3 is 2.50 bits per heavy atom. The largest absolute Gasteiger partial charge is 0.487 e. The van der Waals surface area contributed by atoms with Crippen molar-refractivity contribution in [2.24, 2.45) is 0 Å². The number of halogens is 1. The quantitative estimate of drug-likeness (QED) is 0.567. The number of aryl methyl sites for hydroxylation is 1. The third-order valence-electron chi connectivity index (χ3n) is 4.82. The number of rotatable bonds is 7. The molecular weight excluding hydrogens is 378 g/mol. The summed E-state index contributed by atoms with van der Waals surface area (Å²) in [5, 5.41) is 18.0. The topological polar surface area (TPSA) is 72.9 Å². The first kappa shape index (κ1) is 20.9. The fourth-order valence-electron chi connectivity index (χ4n) is 3.17. The molecule has 3 aromatic rings. The lowest BCUT2D eigenvalue weighted by Crippen LogP contribution is -2.20. The SMILES string of the molecule is BN(Cc1cnc(C)c(OCc2cccc(C#N)c2)c1CF)c1ccc(C#N)cc1. The number of aromatic nitrogens is 1.